The summed E-state index contributed by atoms with van der Waals surface area (Å²) in [6, 6.07) is 18.0. The van der Waals surface area contributed by atoms with Gasteiger partial charge in [-0.05, 0) is 69.2 Å². The quantitative estimate of drug-likeness (QED) is 0.193. The number of ether oxygens (including phenoxy) is 1. The predicted molar refractivity (Wildman–Crippen MR) is 157 cm³/mol. The van der Waals surface area contributed by atoms with Gasteiger partial charge in [-0.1, -0.05) is 55.9 Å². The van der Waals surface area contributed by atoms with E-state index in [2.05, 4.69) is 51.4 Å². The number of aromatic nitrogens is 4. The lowest BCUT2D eigenvalue weighted by molar-refractivity contribution is 0.0932. The summed E-state index contributed by atoms with van der Waals surface area (Å²) in [5.74, 6) is 2.24. The van der Waals surface area contributed by atoms with Crippen molar-refractivity contribution in [3.63, 3.8) is 0 Å². The van der Waals surface area contributed by atoms with Gasteiger partial charge in [0, 0.05) is 18.2 Å². The van der Waals surface area contributed by atoms with Gasteiger partial charge in [-0.15, -0.1) is 10.2 Å². The van der Waals surface area contributed by atoms with Gasteiger partial charge in [-0.25, -0.2) is 4.98 Å². The van der Waals surface area contributed by atoms with Gasteiger partial charge in [-0.3, -0.25) is 9.36 Å². The zero-order valence-electron chi connectivity index (χ0n) is 23.7. The molecule has 1 N–H and O–H groups in total. The molecule has 0 fully saturated rings. The second kappa shape index (κ2) is 14.7. The minimum absolute atomic E-state index is 0.0590. The van der Waals surface area contributed by atoms with E-state index in [-0.39, 0.29) is 17.6 Å². The third-order valence-electron chi connectivity index (χ3n) is 6.73. The first-order valence-corrected chi connectivity index (χ1v) is 14.7. The maximum absolute atomic E-state index is 12.7. The third kappa shape index (κ3) is 7.95. The molecule has 10 heteroatoms. The van der Waals surface area contributed by atoms with Gasteiger partial charge in [0.1, 0.15) is 17.8 Å². The highest BCUT2D eigenvalue weighted by Gasteiger charge is 2.18. The summed E-state index contributed by atoms with van der Waals surface area (Å²) < 4.78 is 13.0. The van der Waals surface area contributed by atoms with Gasteiger partial charge in [0.05, 0.1) is 12.9 Å². The van der Waals surface area contributed by atoms with Crippen LogP contribution in [0.2, 0.25) is 0 Å². The smallest absolute Gasteiger partial charge is 0.273 e. The Morgan fingerprint density at radius 2 is 1.85 bits per heavy atom. The number of benzene rings is 2. The Bertz CT molecular complexity index is 1340. The minimum Gasteiger partial charge on any atom is -0.497 e. The van der Waals surface area contributed by atoms with Crippen molar-refractivity contribution in [2.75, 3.05) is 26.7 Å². The maximum atomic E-state index is 12.7. The molecule has 0 aliphatic heterocycles. The first kappa shape index (κ1) is 29.4. The first-order valence-electron chi connectivity index (χ1n) is 13.7. The van der Waals surface area contributed by atoms with Crippen LogP contribution >= 0.6 is 11.8 Å². The zero-order chi connectivity index (χ0) is 28.3. The molecule has 40 heavy (non-hydrogen) atoms. The van der Waals surface area contributed by atoms with Gasteiger partial charge in [0.25, 0.3) is 5.91 Å². The van der Waals surface area contributed by atoms with Crippen molar-refractivity contribution in [2.24, 2.45) is 0 Å². The normalized spacial score (nSPS) is 12.0. The monoisotopic (exact) mass is 562 g/mol. The second-order valence-electron chi connectivity index (χ2n) is 9.55. The molecule has 4 aromatic rings. The molecule has 2 aromatic carbocycles. The molecule has 0 saturated carbocycles. The fraction of sp³-hybridized carbons (Fsp3) is 0.400. The standard InChI is InChI=1S/C30H38N6O3S/c1-5-35(6-2)18-10-11-22(3)31-29(37)26-20-39-28(32-26)21-40-30-34-33-27(19-23-12-8-7-9-13-23)36(30)24-14-16-25(38-4)17-15-24/h7-9,12-17,20,22H,5-6,10-11,18-19,21H2,1-4H3,(H,31,37). The van der Waals surface area contributed by atoms with Gasteiger partial charge < -0.3 is 19.4 Å². The molecule has 1 atom stereocenters. The molecule has 0 aliphatic carbocycles. The average molecular weight is 563 g/mol. The van der Waals surface area contributed by atoms with Gasteiger partial charge in [0.2, 0.25) is 5.89 Å². The summed E-state index contributed by atoms with van der Waals surface area (Å²) in [6.45, 7) is 9.48. The summed E-state index contributed by atoms with van der Waals surface area (Å²) in [6.07, 6.45) is 4.00. The molecule has 0 bridgehead atoms. The van der Waals surface area contributed by atoms with Crippen molar-refractivity contribution < 1.29 is 13.9 Å². The topological polar surface area (TPSA) is 98.3 Å². The number of rotatable bonds is 15. The molecule has 4 rings (SSSR count). The molecule has 0 spiro atoms. The SMILES string of the molecule is CCN(CC)CCCC(C)NC(=O)c1coc(CSc2nnc(Cc3ccccc3)n2-c2ccc(OC)cc2)n1. The largest absolute Gasteiger partial charge is 0.497 e. The molecule has 212 valence electrons. The van der Waals surface area contributed by atoms with E-state index < -0.39 is 0 Å². The summed E-state index contributed by atoms with van der Waals surface area (Å²) in [4.78, 5) is 19.5. The number of hydrogen-bond acceptors (Lipinski definition) is 8. The summed E-state index contributed by atoms with van der Waals surface area (Å²) >= 11 is 1.46. The Morgan fingerprint density at radius 3 is 2.55 bits per heavy atom. The number of methoxy groups -OCH3 is 1. The fourth-order valence-corrected chi connectivity index (χ4v) is 5.24. The summed E-state index contributed by atoms with van der Waals surface area (Å²) in [5, 5.41) is 12.7. The van der Waals surface area contributed by atoms with E-state index in [0.717, 1.165) is 55.3 Å². The molecule has 0 saturated heterocycles. The predicted octanol–water partition coefficient (Wildman–Crippen LogP) is 5.39. The second-order valence-corrected chi connectivity index (χ2v) is 10.5. The van der Waals surface area contributed by atoms with E-state index in [1.165, 1.54) is 18.0 Å². The number of carbonyl (C=O) groups is 1. The van der Waals surface area contributed by atoms with Crippen LogP contribution in [0.4, 0.5) is 0 Å². The van der Waals surface area contributed by atoms with Crippen molar-refractivity contribution in [2.45, 2.75) is 57.0 Å². The summed E-state index contributed by atoms with van der Waals surface area (Å²) in [7, 11) is 1.65. The van der Waals surface area contributed by atoms with Crippen LogP contribution in [0.15, 0.2) is 70.4 Å². The molecule has 2 aromatic heterocycles. The van der Waals surface area contributed by atoms with E-state index in [9.17, 15) is 4.79 Å². The van der Waals surface area contributed by atoms with Crippen molar-refractivity contribution >= 4 is 17.7 Å². The number of thioether (sulfide) groups is 1. The lowest BCUT2D eigenvalue weighted by Gasteiger charge is -2.19. The molecule has 0 radical (unpaired) electrons. The Labute approximate surface area is 240 Å². The highest BCUT2D eigenvalue weighted by atomic mass is 32.2. The Morgan fingerprint density at radius 1 is 1.10 bits per heavy atom. The molecule has 9 nitrogen and oxygen atoms in total. The number of oxazole rings is 1. The molecular formula is C30H38N6O3S. The number of carbonyl (C=O) groups excluding carboxylic acids is 1. The van der Waals surface area contributed by atoms with Crippen LogP contribution in [0.25, 0.3) is 5.69 Å². The Balaban J connectivity index is 1.40. The van der Waals surface area contributed by atoms with Crippen LogP contribution in [0, 0.1) is 0 Å². The van der Waals surface area contributed by atoms with Crippen molar-refractivity contribution in [3.8, 4) is 11.4 Å². The molecule has 1 unspecified atom stereocenters. The Kier molecular flexibility index (Phi) is 10.8. The lowest BCUT2D eigenvalue weighted by atomic mass is 10.1. The molecule has 2 heterocycles. The van der Waals surface area contributed by atoms with E-state index in [4.69, 9.17) is 9.15 Å². The minimum atomic E-state index is -0.220. The van der Waals surface area contributed by atoms with Crippen LogP contribution < -0.4 is 10.1 Å². The van der Waals surface area contributed by atoms with E-state index in [1.54, 1.807) is 7.11 Å². The highest BCUT2D eigenvalue weighted by Crippen LogP contribution is 2.27. The van der Waals surface area contributed by atoms with Gasteiger partial charge in [0.15, 0.2) is 10.9 Å². The van der Waals surface area contributed by atoms with Crippen LogP contribution in [-0.2, 0) is 12.2 Å². The van der Waals surface area contributed by atoms with Crippen LogP contribution in [0.1, 0.15) is 61.4 Å². The van der Waals surface area contributed by atoms with Crippen LogP contribution in [0.3, 0.4) is 0 Å². The van der Waals surface area contributed by atoms with Crippen molar-refractivity contribution in [3.05, 3.63) is 83.8 Å². The van der Waals surface area contributed by atoms with Crippen molar-refractivity contribution in [1.29, 1.82) is 0 Å². The third-order valence-corrected chi connectivity index (χ3v) is 7.64. The van der Waals surface area contributed by atoms with E-state index >= 15 is 0 Å². The number of nitrogens with one attached hydrogen (secondary N) is 1. The van der Waals surface area contributed by atoms with Gasteiger partial charge >= 0.3 is 0 Å². The lowest BCUT2D eigenvalue weighted by Crippen LogP contribution is -2.33. The van der Waals surface area contributed by atoms with Crippen LogP contribution in [0.5, 0.6) is 5.75 Å². The molecular weight excluding hydrogens is 524 g/mol. The van der Waals surface area contributed by atoms with Gasteiger partial charge in [-0.2, -0.15) is 0 Å². The van der Waals surface area contributed by atoms with E-state index in [1.807, 2.05) is 54.0 Å². The summed E-state index contributed by atoms with van der Waals surface area (Å²) in [5.41, 5.74) is 2.36. The number of amides is 1. The zero-order valence-corrected chi connectivity index (χ0v) is 24.5. The highest BCUT2D eigenvalue weighted by molar-refractivity contribution is 7.98. The molecule has 0 aliphatic rings. The first-order chi connectivity index (χ1) is 19.5. The number of nitrogens with zero attached hydrogens (tertiary/aromatic N) is 5. The molecule has 1 amide bonds. The average Bonchev–Trinajstić information content (AvgIpc) is 3.62. The van der Waals surface area contributed by atoms with E-state index in [0.29, 0.717) is 23.2 Å². The maximum Gasteiger partial charge on any atom is 0.273 e. The number of hydrogen-bond donors (Lipinski definition) is 1. The fourth-order valence-electron chi connectivity index (χ4n) is 4.42. The van der Waals surface area contributed by atoms with Crippen molar-refractivity contribution in [1.82, 2.24) is 30.0 Å². The Hall–Kier alpha value is -3.63. The van der Waals surface area contributed by atoms with Crippen LogP contribution in [-0.4, -0.2) is 63.3 Å².